The molecule has 2 aromatic carbocycles. The van der Waals surface area contributed by atoms with Crippen molar-refractivity contribution in [3.63, 3.8) is 0 Å². The van der Waals surface area contributed by atoms with Crippen molar-refractivity contribution in [1.29, 1.82) is 0 Å². The van der Waals surface area contributed by atoms with E-state index >= 15 is 0 Å². The van der Waals surface area contributed by atoms with Crippen LogP contribution in [0.5, 0.6) is 5.75 Å². The van der Waals surface area contributed by atoms with E-state index in [9.17, 15) is 4.79 Å². The number of nitrogens with zero attached hydrogens (tertiary/aromatic N) is 2. The van der Waals surface area contributed by atoms with Crippen LogP contribution in [0.3, 0.4) is 0 Å². The first-order valence-electron chi connectivity index (χ1n) is 7.16. The lowest BCUT2D eigenvalue weighted by molar-refractivity contribution is 0.0472. The van der Waals surface area contributed by atoms with E-state index in [0.29, 0.717) is 11.3 Å². The molecular formula is C18H16N2O3. The van der Waals surface area contributed by atoms with Crippen LogP contribution in [0.2, 0.25) is 0 Å². The largest absolute Gasteiger partial charge is 0.497 e. The Morgan fingerprint density at radius 2 is 1.96 bits per heavy atom. The molecule has 0 fully saturated rings. The molecule has 0 aliphatic heterocycles. The first-order valence-corrected chi connectivity index (χ1v) is 7.16. The molecule has 1 heterocycles. The molecule has 0 saturated heterocycles. The molecule has 0 bridgehead atoms. The quantitative estimate of drug-likeness (QED) is 0.679. The molecule has 3 rings (SSSR count). The zero-order valence-corrected chi connectivity index (χ0v) is 12.7. The second-order valence-electron chi connectivity index (χ2n) is 4.93. The van der Waals surface area contributed by atoms with E-state index in [2.05, 4.69) is 5.10 Å². The standard InChI is InChI=1S/C18H16N2O3/c1-22-17-5-2-4-15(12-17)18(21)23-13-14-6-8-16(9-7-14)20-11-3-10-19-20/h2-12H,13H2,1H3. The van der Waals surface area contributed by atoms with Crippen LogP contribution < -0.4 is 4.74 Å². The first-order chi connectivity index (χ1) is 11.3. The number of esters is 1. The second kappa shape index (κ2) is 6.79. The van der Waals surface area contributed by atoms with Gasteiger partial charge in [-0.05, 0) is 42.0 Å². The fourth-order valence-electron chi connectivity index (χ4n) is 2.15. The molecule has 0 radical (unpaired) electrons. The molecule has 0 unspecified atom stereocenters. The number of aromatic nitrogens is 2. The summed E-state index contributed by atoms with van der Waals surface area (Å²) < 4.78 is 12.2. The number of carbonyl (C=O) groups excluding carboxylic acids is 1. The van der Waals surface area contributed by atoms with Gasteiger partial charge in [0.2, 0.25) is 0 Å². The van der Waals surface area contributed by atoms with Gasteiger partial charge in [0.05, 0.1) is 18.4 Å². The second-order valence-corrected chi connectivity index (χ2v) is 4.93. The average Bonchev–Trinajstić information content (AvgIpc) is 3.15. The van der Waals surface area contributed by atoms with Crippen LogP contribution in [0.1, 0.15) is 15.9 Å². The number of hydrogen-bond donors (Lipinski definition) is 0. The molecule has 0 N–H and O–H groups in total. The summed E-state index contributed by atoms with van der Waals surface area (Å²) >= 11 is 0. The van der Waals surface area contributed by atoms with E-state index in [1.54, 1.807) is 42.3 Å². The van der Waals surface area contributed by atoms with E-state index in [1.807, 2.05) is 36.5 Å². The van der Waals surface area contributed by atoms with E-state index < -0.39 is 0 Å². The Morgan fingerprint density at radius 3 is 2.65 bits per heavy atom. The number of hydrogen-bond acceptors (Lipinski definition) is 4. The Hall–Kier alpha value is -3.08. The molecule has 0 aliphatic carbocycles. The Labute approximate surface area is 134 Å². The maximum Gasteiger partial charge on any atom is 0.338 e. The monoisotopic (exact) mass is 308 g/mol. The summed E-state index contributed by atoms with van der Waals surface area (Å²) in [6.45, 7) is 0.218. The maximum absolute atomic E-state index is 12.0. The van der Waals surface area contributed by atoms with Gasteiger partial charge in [-0.1, -0.05) is 18.2 Å². The number of ether oxygens (including phenoxy) is 2. The van der Waals surface area contributed by atoms with Crippen LogP contribution in [0, 0.1) is 0 Å². The predicted molar refractivity (Wildman–Crippen MR) is 85.7 cm³/mol. The minimum atomic E-state index is -0.375. The molecule has 0 amide bonds. The van der Waals surface area contributed by atoms with Gasteiger partial charge in [-0.3, -0.25) is 0 Å². The van der Waals surface area contributed by atoms with Crippen molar-refractivity contribution in [3.05, 3.63) is 78.1 Å². The van der Waals surface area contributed by atoms with Gasteiger partial charge in [-0.15, -0.1) is 0 Å². The number of benzene rings is 2. The van der Waals surface area contributed by atoms with Crippen LogP contribution >= 0.6 is 0 Å². The molecular weight excluding hydrogens is 292 g/mol. The molecule has 0 spiro atoms. The zero-order valence-electron chi connectivity index (χ0n) is 12.7. The average molecular weight is 308 g/mol. The highest BCUT2D eigenvalue weighted by atomic mass is 16.5. The SMILES string of the molecule is COc1cccc(C(=O)OCc2ccc(-n3cccn3)cc2)c1. The summed E-state index contributed by atoms with van der Waals surface area (Å²) in [5.74, 6) is 0.253. The summed E-state index contributed by atoms with van der Waals surface area (Å²) in [6.07, 6.45) is 3.60. The molecule has 0 atom stereocenters. The highest BCUT2D eigenvalue weighted by Gasteiger charge is 2.08. The van der Waals surface area contributed by atoms with Crippen molar-refractivity contribution >= 4 is 5.97 Å². The third-order valence-electron chi connectivity index (χ3n) is 3.38. The van der Waals surface area contributed by atoms with Gasteiger partial charge >= 0.3 is 5.97 Å². The lowest BCUT2D eigenvalue weighted by atomic mass is 10.2. The predicted octanol–water partition coefficient (Wildman–Crippen LogP) is 3.24. The smallest absolute Gasteiger partial charge is 0.338 e. The maximum atomic E-state index is 12.0. The molecule has 1 aromatic heterocycles. The van der Waals surface area contributed by atoms with Gasteiger partial charge in [0, 0.05) is 12.4 Å². The lowest BCUT2D eigenvalue weighted by Gasteiger charge is -2.07. The molecule has 23 heavy (non-hydrogen) atoms. The minimum Gasteiger partial charge on any atom is -0.497 e. The Bertz CT molecular complexity index is 780. The van der Waals surface area contributed by atoms with Gasteiger partial charge in [-0.25, -0.2) is 9.48 Å². The lowest BCUT2D eigenvalue weighted by Crippen LogP contribution is -2.05. The van der Waals surface area contributed by atoms with Crippen molar-refractivity contribution < 1.29 is 14.3 Å². The van der Waals surface area contributed by atoms with Gasteiger partial charge in [0.1, 0.15) is 12.4 Å². The van der Waals surface area contributed by atoms with Crippen LogP contribution in [0.25, 0.3) is 5.69 Å². The molecule has 0 aliphatic rings. The van der Waals surface area contributed by atoms with Crippen molar-refractivity contribution in [2.24, 2.45) is 0 Å². The van der Waals surface area contributed by atoms with Gasteiger partial charge in [0.15, 0.2) is 0 Å². The highest BCUT2D eigenvalue weighted by Crippen LogP contribution is 2.15. The Morgan fingerprint density at radius 1 is 1.13 bits per heavy atom. The van der Waals surface area contributed by atoms with Crippen LogP contribution in [0.4, 0.5) is 0 Å². The molecule has 116 valence electrons. The van der Waals surface area contributed by atoms with Crippen LogP contribution in [-0.2, 0) is 11.3 Å². The van der Waals surface area contributed by atoms with Crippen molar-refractivity contribution in [2.45, 2.75) is 6.61 Å². The number of rotatable bonds is 5. The summed E-state index contributed by atoms with van der Waals surface area (Å²) in [5.41, 5.74) is 2.34. The van der Waals surface area contributed by atoms with Crippen molar-refractivity contribution in [3.8, 4) is 11.4 Å². The molecule has 5 nitrogen and oxygen atoms in total. The Kier molecular flexibility index (Phi) is 4.38. The van der Waals surface area contributed by atoms with Crippen molar-refractivity contribution in [2.75, 3.05) is 7.11 Å². The minimum absolute atomic E-state index is 0.218. The summed E-state index contributed by atoms with van der Waals surface area (Å²) in [7, 11) is 1.56. The van der Waals surface area contributed by atoms with E-state index in [4.69, 9.17) is 9.47 Å². The van der Waals surface area contributed by atoms with Gasteiger partial charge < -0.3 is 9.47 Å². The fraction of sp³-hybridized carbons (Fsp3) is 0.111. The van der Waals surface area contributed by atoms with Crippen molar-refractivity contribution in [1.82, 2.24) is 9.78 Å². The fourth-order valence-corrected chi connectivity index (χ4v) is 2.15. The topological polar surface area (TPSA) is 53.4 Å². The third kappa shape index (κ3) is 3.58. The normalized spacial score (nSPS) is 10.3. The van der Waals surface area contributed by atoms with E-state index in [-0.39, 0.29) is 12.6 Å². The first kappa shape index (κ1) is 14.8. The number of methoxy groups -OCH3 is 1. The van der Waals surface area contributed by atoms with Crippen LogP contribution in [0.15, 0.2) is 67.0 Å². The van der Waals surface area contributed by atoms with Gasteiger partial charge in [0.25, 0.3) is 0 Å². The molecule has 5 heteroatoms. The summed E-state index contributed by atoms with van der Waals surface area (Å²) in [6, 6.07) is 16.5. The number of carbonyl (C=O) groups is 1. The molecule has 3 aromatic rings. The molecule has 0 saturated carbocycles. The zero-order chi connectivity index (χ0) is 16.1. The Balaban J connectivity index is 1.62. The van der Waals surface area contributed by atoms with Crippen LogP contribution in [-0.4, -0.2) is 22.9 Å². The van der Waals surface area contributed by atoms with E-state index in [0.717, 1.165) is 11.3 Å². The van der Waals surface area contributed by atoms with Gasteiger partial charge in [-0.2, -0.15) is 5.10 Å². The summed E-state index contributed by atoms with van der Waals surface area (Å²) in [4.78, 5) is 12.0. The van der Waals surface area contributed by atoms with E-state index in [1.165, 1.54) is 0 Å². The highest BCUT2D eigenvalue weighted by molar-refractivity contribution is 5.89. The summed E-state index contributed by atoms with van der Waals surface area (Å²) in [5, 5.41) is 4.17. The third-order valence-corrected chi connectivity index (χ3v) is 3.38.